The van der Waals surface area contributed by atoms with Crippen LogP contribution in [0, 0.1) is 0 Å². The first kappa shape index (κ1) is 9.99. The third-order valence-corrected chi connectivity index (χ3v) is 3.48. The molecule has 2 nitrogen and oxygen atoms in total. The van der Waals surface area contributed by atoms with Crippen molar-refractivity contribution >= 4 is 21.6 Å². The van der Waals surface area contributed by atoms with E-state index in [1.54, 1.807) is 0 Å². The van der Waals surface area contributed by atoms with Crippen molar-refractivity contribution in [3.63, 3.8) is 0 Å². The van der Waals surface area contributed by atoms with Crippen molar-refractivity contribution in [2.24, 2.45) is 0 Å². The van der Waals surface area contributed by atoms with Gasteiger partial charge in [0, 0.05) is 16.7 Å². The average Bonchev–Trinajstić information content (AvgIpc) is 2.19. The van der Waals surface area contributed by atoms with Gasteiger partial charge in [-0.3, -0.25) is 0 Å². The van der Waals surface area contributed by atoms with E-state index in [-0.39, 0.29) is 0 Å². The number of anilines is 1. The maximum absolute atomic E-state index is 5.99. The molecular weight excluding hydrogens is 240 g/mol. The number of hydrogen-bond donors (Lipinski definition) is 2. The zero-order chi connectivity index (χ0) is 9.97. The molecule has 1 fully saturated rings. The van der Waals surface area contributed by atoms with Gasteiger partial charge in [-0.2, -0.15) is 0 Å². The van der Waals surface area contributed by atoms with Crippen molar-refractivity contribution in [1.29, 1.82) is 0 Å². The molecule has 1 saturated heterocycles. The first-order chi connectivity index (χ1) is 6.79. The van der Waals surface area contributed by atoms with Crippen molar-refractivity contribution < 1.29 is 0 Å². The van der Waals surface area contributed by atoms with Gasteiger partial charge in [0.05, 0.1) is 0 Å². The van der Waals surface area contributed by atoms with Crippen molar-refractivity contribution in [3.8, 4) is 0 Å². The van der Waals surface area contributed by atoms with E-state index in [0.29, 0.717) is 5.92 Å². The van der Waals surface area contributed by atoms with Crippen LogP contribution < -0.4 is 11.1 Å². The van der Waals surface area contributed by atoms with Crippen LogP contribution in [0.4, 0.5) is 5.69 Å². The van der Waals surface area contributed by atoms with Crippen LogP contribution in [-0.2, 0) is 0 Å². The fraction of sp³-hybridized carbons (Fsp3) is 0.455. The van der Waals surface area contributed by atoms with Crippen LogP contribution in [0.2, 0.25) is 0 Å². The normalized spacial score (nSPS) is 22.2. The maximum Gasteiger partial charge on any atom is 0.0361 e. The Labute approximate surface area is 93.0 Å². The number of nitrogen functional groups attached to an aromatic ring is 1. The summed E-state index contributed by atoms with van der Waals surface area (Å²) >= 11 is 3.57. The molecule has 0 aromatic heterocycles. The van der Waals surface area contributed by atoms with E-state index in [1.807, 2.05) is 12.1 Å². The van der Waals surface area contributed by atoms with Crippen LogP contribution >= 0.6 is 15.9 Å². The summed E-state index contributed by atoms with van der Waals surface area (Å²) in [7, 11) is 0. The number of halogens is 1. The largest absolute Gasteiger partial charge is 0.398 e. The molecule has 1 aliphatic rings. The summed E-state index contributed by atoms with van der Waals surface area (Å²) in [6, 6.07) is 6.04. The van der Waals surface area contributed by atoms with Gasteiger partial charge in [-0.05, 0) is 43.0 Å². The molecule has 0 bridgehead atoms. The van der Waals surface area contributed by atoms with Crippen LogP contribution in [-0.4, -0.2) is 13.1 Å². The summed E-state index contributed by atoms with van der Waals surface area (Å²) in [5.74, 6) is 0.569. The molecule has 1 aromatic carbocycles. The monoisotopic (exact) mass is 254 g/mol. The molecule has 1 aliphatic heterocycles. The summed E-state index contributed by atoms with van der Waals surface area (Å²) in [6.07, 6.45) is 2.48. The summed E-state index contributed by atoms with van der Waals surface area (Å²) < 4.78 is 1.14. The van der Waals surface area contributed by atoms with E-state index in [4.69, 9.17) is 5.73 Å². The zero-order valence-corrected chi connectivity index (χ0v) is 9.68. The second-order valence-corrected chi connectivity index (χ2v) is 4.64. The fourth-order valence-corrected chi connectivity index (χ4v) is 2.79. The average molecular weight is 255 g/mol. The minimum atomic E-state index is 0.569. The van der Waals surface area contributed by atoms with E-state index in [2.05, 4.69) is 27.3 Å². The number of nitrogens with two attached hydrogens (primary N) is 1. The smallest absolute Gasteiger partial charge is 0.0361 e. The first-order valence-corrected chi connectivity index (χ1v) is 5.83. The lowest BCUT2D eigenvalue weighted by Crippen LogP contribution is -2.29. The molecule has 1 atom stereocenters. The Morgan fingerprint density at radius 2 is 2.29 bits per heavy atom. The third kappa shape index (κ3) is 1.93. The summed E-state index contributed by atoms with van der Waals surface area (Å²) in [6.45, 7) is 2.19. The summed E-state index contributed by atoms with van der Waals surface area (Å²) in [5, 5.41) is 3.41. The van der Waals surface area contributed by atoms with E-state index in [9.17, 15) is 0 Å². The van der Waals surface area contributed by atoms with Gasteiger partial charge in [0.25, 0.3) is 0 Å². The quantitative estimate of drug-likeness (QED) is 0.756. The second-order valence-electron chi connectivity index (χ2n) is 3.79. The fourth-order valence-electron chi connectivity index (χ4n) is 2.08. The lowest BCUT2D eigenvalue weighted by molar-refractivity contribution is 0.461. The lowest BCUT2D eigenvalue weighted by atomic mass is 9.90. The zero-order valence-electron chi connectivity index (χ0n) is 8.09. The van der Waals surface area contributed by atoms with Crippen molar-refractivity contribution in [1.82, 2.24) is 5.32 Å². The minimum absolute atomic E-state index is 0.569. The highest BCUT2D eigenvalue weighted by Gasteiger charge is 2.19. The van der Waals surface area contributed by atoms with Gasteiger partial charge < -0.3 is 11.1 Å². The predicted octanol–water partition coefficient (Wildman–Crippen LogP) is 2.50. The highest BCUT2D eigenvalue weighted by atomic mass is 79.9. The van der Waals surface area contributed by atoms with Gasteiger partial charge in [0.15, 0.2) is 0 Å². The molecule has 1 unspecified atom stereocenters. The van der Waals surface area contributed by atoms with E-state index in [0.717, 1.165) is 23.2 Å². The Kier molecular flexibility index (Phi) is 3.08. The highest BCUT2D eigenvalue weighted by Crippen LogP contribution is 2.33. The molecule has 0 aliphatic carbocycles. The molecule has 3 heteroatoms. The molecule has 1 heterocycles. The molecular formula is C11H15BrN2. The Hall–Kier alpha value is -0.540. The summed E-state index contributed by atoms with van der Waals surface area (Å²) in [4.78, 5) is 0. The van der Waals surface area contributed by atoms with Crippen LogP contribution in [0.15, 0.2) is 22.7 Å². The van der Waals surface area contributed by atoms with E-state index in [1.165, 1.54) is 18.4 Å². The number of nitrogens with one attached hydrogen (secondary N) is 1. The lowest BCUT2D eigenvalue weighted by Gasteiger charge is -2.25. The van der Waals surface area contributed by atoms with Crippen LogP contribution in [0.25, 0.3) is 0 Å². The predicted molar refractivity (Wildman–Crippen MR) is 63.4 cm³/mol. The Morgan fingerprint density at radius 3 is 2.93 bits per heavy atom. The van der Waals surface area contributed by atoms with Gasteiger partial charge >= 0.3 is 0 Å². The van der Waals surface area contributed by atoms with Crippen LogP contribution in [0.5, 0.6) is 0 Å². The molecule has 0 amide bonds. The molecule has 0 radical (unpaired) electrons. The van der Waals surface area contributed by atoms with Gasteiger partial charge in [0.1, 0.15) is 0 Å². The second kappa shape index (κ2) is 4.32. The Morgan fingerprint density at radius 1 is 1.43 bits per heavy atom. The first-order valence-electron chi connectivity index (χ1n) is 5.03. The van der Waals surface area contributed by atoms with Crippen molar-refractivity contribution in [2.75, 3.05) is 18.8 Å². The molecule has 0 saturated carbocycles. The minimum Gasteiger partial charge on any atom is -0.398 e. The van der Waals surface area contributed by atoms with Crippen molar-refractivity contribution in [2.45, 2.75) is 18.8 Å². The van der Waals surface area contributed by atoms with Crippen LogP contribution in [0.3, 0.4) is 0 Å². The van der Waals surface area contributed by atoms with Gasteiger partial charge in [-0.15, -0.1) is 0 Å². The van der Waals surface area contributed by atoms with Gasteiger partial charge in [-0.1, -0.05) is 22.0 Å². The highest BCUT2D eigenvalue weighted by molar-refractivity contribution is 9.10. The molecule has 2 rings (SSSR count). The molecule has 3 N–H and O–H groups in total. The maximum atomic E-state index is 5.99. The summed E-state index contributed by atoms with van der Waals surface area (Å²) in [5.41, 5.74) is 8.18. The number of piperidine rings is 1. The molecule has 1 aromatic rings. The topological polar surface area (TPSA) is 38.0 Å². The van der Waals surface area contributed by atoms with Crippen molar-refractivity contribution in [3.05, 3.63) is 28.2 Å². The van der Waals surface area contributed by atoms with E-state index < -0.39 is 0 Å². The van der Waals surface area contributed by atoms with E-state index >= 15 is 0 Å². The SMILES string of the molecule is Nc1cccc(Br)c1C1CCCNC1. The molecule has 76 valence electrons. The number of benzene rings is 1. The Balaban J connectivity index is 2.29. The number of hydrogen-bond acceptors (Lipinski definition) is 2. The van der Waals surface area contributed by atoms with Crippen LogP contribution in [0.1, 0.15) is 24.3 Å². The third-order valence-electron chi connectivity index (χ3n) is 2.79. The van der Waals surface area contributed by atoms with Gasteiger partial charge in [0.2, 0.25) is 0 Å². The van der Waals surface area contributed by atoms with Gasteiger partial charge in [-0.25, -0.2) is 0 Å². The molecule has 0 spiro atoms. The molecule has 14 heavy (non-hydrogen) atoms. The standard InChI is InChI=1S/C11H15BrN2/c12-9-4-1-5-10(13)11(9)8-3-2-6-14-7-8/h1,4-5,8,14H,2-3,6-7,13H2. The number of rotatable bonds is 1. The Bertz CT molecular complexity index is 299.